The van der Waals surface area contributed by atoms with Crippen molar-refractivity contribution in [1.29, 1.82) is 0 Å². The number of ether oxygens (including phenoxy) is 1. The number of fused-ring (bicyclic) bond motifs is 1. The van der Waals surface area contributed by atoms with Gasteiger partial charge in [-0.3, -0.25) is 4.79 Å². The fourth-order valence-corrected chi connectivity index (χ4v) is 2.76. The summed E-state index contributed by atoms with van der Waals surface area (Å²) in [6.07, 6.45) is 4.36. The van der Waals surface area contributed by atoms with Gasteiger partial charge in [-0.1, -0.05) is 0 Å². The number of carbonyl (C=O) groups is 1. The molecule has 3 fully saturated rings. The predicted molar refractivity (Wildman–Crippen MR) is 55.1 cm³/mol. The number of rotatable bonds is 3. The van der Waals surface area contributed by atoms with Gasteiger partial charge >= 0.3 is 0 Å². The third-order valence-corrected chi connectivity index (χ3v) is 3.95. The zero-order valence-corrected chi connectivity index (χ0v) is 8.82. The van der Waals surface area contributed by atoms with Gasteiger partial charge in [-0.05, 0) is 25.2 Å². The van der Waals surface area contributed by atoms with Crippen LogP contribution in [-0.2, 0) is 9.53 Å². The van der Waals surface area contributed by atoms with Crippen LogP contribution in [0.15, 0.2) is 0 Å². The first-order valence-corrected chi connectivity index (χ1v) is 5.92. The lowest BCUT2D eigenvalue weighted by molar-refractivity contribution is -0.126. The van der Waals surface area contributed by atoms with Crippen LogP contribution in [0, 0.1) is 11.8 Å². The van der Waals surface area contributed by atoms with Crippen molar-refractivity contribution in [3.05, 3.63) is 0 Å². The van der Waals surface area contributed by atoms with Crippen molar-refractivity contribution in [3.63, 3.8) is 0 Å². The molecule has 3 N–H and O–H groups in total. The van der Waals surface area contributed by atoms with Gasteiger partial charge < -0.3 is 15.8 Å². The van der Waals surface area contributed by atoms with E-state index in [2.05, 4.69) is 5.32 Å². The summed E-state index contributed by atoms with van der Waals surface area (Å²) in [5.41, 5.74) is 6.01. The van der Waals surface area contributed by atoms with Gasteiger partial charge in [0.2, 0.25) is 5.91 Å². The first-order valence-electron chi connectivity index (χ1n) is 5.92. The maximum absolute atomic E-state index is 11.6. The number of amides is 1. The second-order valence-corrected chi connectivity index (χ2v) is 5.11. The van der Waals surface area contributed by atoms with Crippen molar-refractivity contribution in [2.75, 3.05) is 6.61 Å². The van der Waals surface area contributed by atoms with Gasteiger partial charge in [0.05, 0.1) is 12.1 Å². The molecule has 0 spiro atoms. The van der Waals surface area contributed by atoms with Crippen LogP contribution >= 0.6 is 0 Å². The molecular formula is C11H18N2O2. The molecule has 0 radical (unpaired) electrons. The van der Waals surface area contributed by atoms with E-state index in [4.69, 9.17) is 10.5 Å². The molecule has 3 rings (SSSR count). The Hall–Kier alpha value is -0.610. The van der Waals surface area contributed by atoms with E-state index in [1.807, 2.05) is 0 Å². The first kappa shape index (κ1) is 9.60. The molecule has 4 heteroatoms. The third-order valence-electron chi connectivity index (χ3n) is 3.95. The molecule has 1 aliphatic heterocycles. The summed E-state index contributed by atoms with van der Waals surface area (Å²) >= 11 is 0. The Kier molecular flexibility index (Phi) is 2.21. The van der Waals surface area contributed by atoms with Crippen LogP contribution in [-0.4, -0.2) is 30.7 Å². The van der Waals surface area contributed by atoms with E-state index in [1.54, 1.807) is 0 Å². The third kappa shape index (κ3) is 1.66. The van der Waals surface area contributed by atoms with Crippen molar-refractivity contribution < 1.29 is 9.53 Å². The highest BCUT2D eigenvalue weighted by molar-refractivity contribution is 5.77. The molecule has 2 aliphatic carbocycles. The summed E-state index contributed by atoms with van der Waals surface area (Å²) in [7, 11) is 0. The van der Waals surface area contributed by atoms with E-state index in [0.717, 1.165) is 13.0 Å². The molecule has 1 heterocycles. The molecule has 2 saturated carbocycles. The van der Waals surface area contributed by atoms with Gasteiger partial charge in [0, 0.05) is 25.0 Å². The van der Waals surface area contributed by atoms with Crippen molar-refractivity contribution in [2.24, 2.45) is 17.6 Å². The molecule has 0 bridgehead atoms. The van der Waals surface area contributed by atoms with Gasteiger partial charge in [0.25, 0.3) is 0 Å². The van der Waals surface area contributed by atoms with Gasteiger partial charge in [0.15, 0.2) is 0 Å². The van der Waals surface area contributed by atoms with Crippen LogP contribution in [0.2, 0.25) is 0 Å². The highest BCUT2D eigenvalue weighted by atomic mass is 16.5. The van der Waals surface area contributed by atoms with Crippen molar-refractivity contribution in [1.82, 2.24) is 5.32 Å². The minimum atomic E-state index is 0.0729. The summed E-state index contributed by atoms with van der Waals surface area (Å²) < 4.78 is 5.56. The second-order valence-electron chi connectivity index (χ2n) is 5.11. The molecular weight excluding hydrogens is 192 g/mol. The highest BCUT2D eigenvalue weighted by Crippen LogP contribution is 2.38. The zero-order valence-electron chi connectivity index (χ0n) is 8.82. The van der Waals surface area contributed by atoms with Gasteiger partial charge in [0.1, 0.15) is 0 Å². The lowest BCUT2D eigenvalue weighted by Gasteiger charge is -2.45. The molecule has 0 aromatic carbocycles. The van der Waals surface area contributed by atoms with Crippen molar-refractivity contribution in [2.45, 2.75) is 43.9 Å². The van der Waals surface area contributed by atoms with Crippen LogP contribution in [0.25, 0.3) is 0 Å². The minimum absolute atomic E-state index is 0.0729. The molecule has 1 saturated heterocycles. The summed E-state index contributed by atoms with van der Waals surface area (Å²) in [6.45, 7) is 0.804. The van der Waals surface area contributed by atoms with E-state index in [1.165, 1.54) is 12.8 Å². The van der Waals surface area contributed by atoms with Crippen LogP contribution in [0.5, 0.6) is 0 Å². The molecule has 4 atom stereocenters. The van der Waals surface area contributed by atoms with Crippen molar-refractivity contribution >= 4 is 5.91 Å². The smallest absolute Gasteiger partial charge is 0.220 e. The Morgan fingerprint density at radius 2 is 2.20 bits per heavy atom. The van der Waals surface area contributed by atoms with Crippen LogP contribution in [0.4, 0.5) is 0 Å². The standard InChI is InChI=1S/C11H18N2O2/c12-9-7-3-4-15-11(7)10(9)13-8(14)5-6-1-2-6/h6-7,9-11H,1-5,12H2,(H,13,14). The zero-order chi connectivity index (χ0) is 10.4. The molecule has 15 heavy (non-hydrogen) atoms. The summed E-state index contributed by atoms with van der Waals surface area (Å²) in [5, 5.41) is 3.02. The number of hydrogen-bond acceptors (Lipinski definition) is 3. The van der Waals surface area contributed by atoms with E-state index in [0.29, 0.717) is 18.3 Å². The minimum Gasteiger partial charge on any atom is -0.376 e. The van der Waals surface area contributed by atoms with Gasteiger partial charge in [-0.25, -0.2) is 0 Å². The SMILES string of the molecule is NC1C2CCOC2C1NC(=O)CC1CC1. The Balaban J connectivity index is 1.52. The Morgan fingerprint density at radius 1 is 1.40 bits per heavy atom. The Labute approximate surface area is 89.5 Å². The molecule has 4 nitrogen and oxygen atoms in total. The molecule has 1 amide bonds. The van der Waals surface area contributed by atoms with E-state index < -0.39 is 0 Å². The van der Waals surface area contributed by atoms with Crippen LogP contribution in [0.3, 0.4) is 0 Å². The number of nitrogens with two attached hydrogens (primary N) is 1. The van der Waals surface area contributed by atoms with Crippen molar-refractivity contribution in [3.8, 4) is 0 Å². The molecule has 0 aromatic heterocycles. The number of carbonyl (C=O) groups excluding carboxylic acids is 1. The van der Waals surface area contributed by atoms with Crippen LogP contribution < -0.4 is 11.1 Å². The maximum atomic E-state index is 11.6. The summed E-state index contributed by atoms with van der Waals surface area (Å²) in [5.74, 6) is 1.28. The Bertz CT molecular complexity index is 278. The fourth-order valence-electron chi connectivity index (χ4n) is 2.76. The Morgan fingerprint density at radius 3 is 2.93 bits per heavy atom. The maximum Gasteiger partial charge on any atom is 0.220 e. The normalized spacial score (nSPS) is 43.3. The summed E-state index contributed by atoms with van der Waals surface area (Å²) in [6, 6.07) is 0.185. The van der Waals surface area contributed by atoms with Gasteiger partial charge in [-0.15, -0.1) is 0 Å². The average molecular weight is 210 g/mol. The van der Waals surface area contributed by atoms with Crippen LogP contribution in [0.1, 0.15) is 25.7 Å². The fraction of sp³-hybridized carbons (Fsp3) is 0.909. The monoisotopic (exact) mass is 210 g/mol. The van der Waals surface area contributed by atoms with E-state index >= 15 is 0 Å². The molecule has 3 aliphatic rings. The highest BCUT2D eigenvalue weighted by Gasteiger charge is 2.52. The number of nitrogens with one attached hydrogen (secondary N) is 1. The molecule has 4 unspecified atom stereocenters. The quantitative estimate of drug-likeness (QED) is 0.690. The number of hydrogen-bond donors (Lipinski definition) is 2. The lowest BCUT2D eigenvalue weighted by Crippen LogP contribution is -2.68. The van der Waals surface area contributed by atoms with Gasteiger partial charge in [-0.2, -0.15) is 0 Å². The first-order chi connectivity index (χ1) is 7.25. The predicted octanol–water partition coefficient (Wildman–Crippen LogP) is 0.0173. The molecule has 84 valence electrons. The topological polar surface area (TPSA) is 64.3 Å². The summed E-state index contributed by atoms with van der Waals surface area (Å²) in [4.78, 5) is 11.6. The van der Waals surface area contributed by atoms with E-state index in [9.17, 15) is 4.79 Å². The average Bonchev–Trinajstić information content (AvgIpc) is 2.91. The molecule has 0 aromatic rings. The largest absolute Gasteiger partial charge is 0.376 e. The second kappa shape index (κ2) is 3.46. The van der Waals surface area contributed by atoms with E-state index in [-0.39, 0.29) is 24.1 Å². The lowest BCUT2D eigenvalue weighted by atomic mass is 9.72.